The van der Waals surface area contributed by atoms with Crippen molar-refractivity contribution in [1.82, 2.24) is 0 Å². The first-order chi connectivity index (χ1) is 15.2. The van der Waals surface area contributed by atoms with Crippen molar-refractivity contribution < 1.29 is 5.11 Å². The molecule has 0 amide bonds. The molecule has 0 aromatic heterocycles. The highest BCUT2D eigenvalue weighted by Gasteiger charge is 2.58. The summed E-state index contributed by atoms with van der Waals surface area (Å²) in [6.45, 7) is 6.81. The zero-order valence-electron chi connectivity index (χ0n) is 19.5. The average Bonchev–Trinajstić information content (AvgIpc) is 3.12. The van der Waals surface area contributed by atoms with Crippen LogP contribution in [0.15, 0.2) is 34.1 Å². The Bertz CT molecular complexity index is 1020. The number of aliphatic hydroxyl groups excluding tert-OH is 1. The van der Waals surface area contributed by atoms with Gasteiger partial charge in [0.2, 0.25) is 0 Å². The largest absolute Gasteiger partial charge is 0.396 e. The van der Waals surface area contributed by atoms with Gasteiger partial charge in [0.1, 0.15) is 18.2 Å². The van der Waals surface area contributed by atoms with Crippen molar-refractivity contribution >= 4 is 0 Å². The molecule has 168 valence electrons. The Labute approximate surface area is 191 Å². The fourth-order valence-corrected chi connectivity index (χ4v) is 8.16. The molecule has 4 aliphatic rings. The van der Waals surface area contributed by atoms with E-state index in [2.05, 4.69) is 26.0 Å². The summed E-state index contributed by atoms with van der Waals surface area (Å²) in [5.74, 6) is 2.15. The van der Waals surface area contributed by atoms with Crippen LogP contribution in [0.3, 0.4) is 0 Å². The van der Waals surface area contributed by atoms with E-state index in [1.54, 1.807) is 0 Å². The van der Waals surface area contributed by atoms with Gasteiger partial charge >= 0.3 is 0 Å². The van der Waals surface area contributed by atoms with Crippen LogP contribution in [0.4, 0.5) is 0 Å². The third kappa shape index (κ3) is 3.20. The zero-order chi connectivity index (χ0) is 23.3. The first kappa shape index (κ1) is 22.6. The summed E-state index contributed by atoms with van der Waals surface area (Å²) < 4.78 is 0. The molecule has 0 heterocycles. The standard InChI is InChI=1S/C27H34N4O/c1-16(21(15-30)25(31)17(13-28)14-29)22-6-7-23-20-5-4-18-12-19(32)8-10-26(18,2)24(20)9-11-27(22,23)3/h4,19-20,22-24,32H,5-12,31H2,1-3H3/b21-16-/t19-,20-,22+,23-,24-,26-,27+/m0/s1. The van der Waals surface area contributed by atoms with Crippen LogP contribution in [0, 0.1) is 68.5 Å². The number of nitrogens with zero attached hydrogens (tertiary/aromatic N) is 3. The number of nitriles is 3. The molecule has 7 atom stereocenters. The summed E-state index contributed by atoms with van der Waals surface area (Å²) in [7, 11) is 0. The van der Waals surface area contributed by atoms with Crippen molar-refractivity contribution in [1.29, 1.82) is 15.8 Å². The van der Waals surface area contributed by atoms with Crippen LogP contribution in [-0.2, 0) is 0 Å². The molecular formula is C27H34N4O. The minimum absolute atomic E-state index is 0.0225. The Morgan fingerprint density at radius 1 is 1.03 bits per heavy atom. The quantitative estimate of drug-likeness (QED) is 0.362. The molecule has 0 aliphatic heterocycles. The van der Waals surface area contributed by atoms with Crippen molar-refractivity contribution in [3.63, 3.8) is 0 Å². The number of fused-ring (bicyclic) bond motifs is 5. The van der Waals surface area contributed by atoms with Gasteiger partial charge in [0.05, 0.1) is 17.4 Å². The van der Waals surface area contributed by atoms with Gasteiger partial charge in [0, 0.05) is 0 Å². The van der Waals surface area contributed by atoms with E-state index in [-0.39, 0.29) is 34.1 Å². The van der Waals surface area contributed by atoms with Crippen LogP contribution in [0.25, 0.3) is 0 Å². The fraction of sp³-hybridized carbons (Fsp3) is 0.667. The molecule has 0 radical (unpaired) electrons. The summed E-state index contributed by atoms with van der Waals surface area (Å²) in [5.41, 5.74) is 9.00. The van der Waals surface area contributed by atoms with E-state index in [0.717, 1.165) is 50.5 Å². The van der Waals surface area contributed by atoms with Crippen LogP contribution >= 0.6 is 0 Å². The normalized spacial score (nSPS) is 40.8. The third-order valence-electron chi connectivity index (χ3n) is 9.87. The second-order valence-electron chi connectivity index (χ2n) is 11.0. The van der Waals surface area contributed by atoms with Crippen molar-refractivity contribution in [2.75, 3.05) is 0 Å². The highest BCUT2D eigenvalue weighted by molar-refractivity contribution is 5.54. The fourth-order valence-electron chi connectivity index (χ4n) is 8.16. The van der Waals surface area contributed by atoms with Crippen LogP contribution in [0.5, 0.6) is 0 Å². The Morgan fingerprint density at radius 3 is 2.41 bits per heavy atom. The summed E-state index contributed by atoms with van der Waals surface area (Å²) in [4.78, 5) is 0. The van der Waals surface area contributed by atoms with Crippen molar-refractivity contribution in [2.45, 2.75) is 78.2 Å². The van der Waals surface area contributed by atoms with Gasteiger partial charge in [-0.3, -0.25) is 0 Å². The number of hydrogen-bond donors (Lipinski definition) is 2. The molecular weight excluding hydrogens is 396 g/mol. The Hall–Kier alpha value is -2.55. The minimum Gasteiger partial charge on any atom is -0.396 e. The van der Waals surface area contributed by atoms with Gasteiger partial charge in [0.25, 0.3) is 0 Å². The van der Waals surface area contributed by atoms with Gasteiger partial charge in [-0.2, -0.15) is 15.8 Å². The Balaban J connectivity index is 1.68. The predicted octanol–water partition coefficient (Wildman–Crippen LogP) is 5.03. The van der Waals surface area contributed by atoms with Crippen LogP contribution in [-0.4, -0.2) is 11.2 Å². The van der Waals surface area contributed by atoms with Crippen LogP contribution in [0.1, 0.15) is 72.1 Å². The summed E-state index contributed by atoms with van der Waals surface area (Å²) >= 11 is 0. The predicted molar refractivity (Wildman–Crippen MR) is 122 cm³/mol. The van der Waals surface area contributed by atoms with Crippen molar-refractivity contribution in [2.24, 2.45) is 40.2 Å². The summed E-state index contributed by atoms with van der Waals surface area (Å²) in [5, 5.41) is 38.5. The molecule has 0 aromatic rings. The van der Waals surface area contributed by atoms with Gasteiger partial charge in [-0.15, -0.1) is 0 Å². The first-order valence-electron chi connectivity index (χ1n) is 12.0. The molecule has 0 unspecified atom stereocenters. The number of rotatable bonds is 2. The number of nitrogens with two attached hydrogens (primary N) is 1. The van der Waals surface area contributed by atoms with E-state index in [1.165, 1.54) is 12.0 Å². The molecule has 3 fully saturated rings. The summed E-state index contributed by atoms with van der Waals surface area (Å²) in [6, 6.07) is 5.87. The van der Waals surface area contributed by atoms with Gasteiger partial charge < -0.3 is 10.8 Å². The van der Waals surface area contributed by atoms with E-state index in [9.17, 15) is 20.9 Å². The van der Waals surface area contributed by atoms with Crippen molar-refractivity contribution in [3.05, 3.63) is 34.1 Å². The van der Waals surface area contributed by atoms with Gasteiger partial charge in [-0.25, -0.2) is 0 Å². The van der Waals surface area contributed by atoms with Gasteiger partial charge in [0.15, 0.2) is 5.57 Å². The van der Waals surface area contributed by atoms with E-state index < -0.39 is 0 Å². The topological polar surface area (TPSA) is 118 Å². The number of aliphatic hydroxyl groups is 1. The lowest BCUT2D eigenvalue weighted by Crippen LogP contribution is -2.50. The molecule has 4 rings (SSSR count). The third-order valence-corrected chi connectivity index (χ3v) is 9.87. The zero-order valence-corrected chi connectivity index (χ0v) is 19.5. The molecule has 32 heavy (non-hydrogen) atoms. The van der Waals surface area contributed by atoms with Crippen LogP contribution < -0.4 is 5.73 Å². The maximum atomic E-state index is 10.2. The minimum atomic E-state index is -0.182. The van der Waals surface area contributed by atoms with E-state index >= 15 is 0 Å². The maximum Gasteiger partial charge on any atom is 0.153 e. The lowest BCUT2D eigenvalue weighted by atomic mass is 9.47. The monoisotopic (exact) mass is 430 g/mol. The molecule has 5 nitrogen and oxygen atoms in total. The van der Waals surface area contributed by atoms with Gasteiger partial charge in [-0.1, -0.05) is 25.5 Å². The van der Waals surface area contributed by atoms with E-state index in [0.29, 0.717) is 23.3 Å². The Morgan fingerprint density at radius 2 is 1.75 bits per heavy atom. The lowest BCUT2D eigenvalue weighted by molar-refractivity contribution is -0.0454. The van der Waals surface area contributed by atoms with E-state index in [4.69, 9.17) is 5.73 Å². The lowest BCUT2D eigenvalue weighted by Gasteiger charge is -2.58. The second kappa shape index (κ2) is 8.10. The summed E-state index contributed by atoms with van der Waals surface area (Å²) in [6.07, 6.45) is 10.7. The number of allylic oxidation sites excluding steroid dienone is 4. The molecule has 4 aliphatic carbocycles. The molecule has 0 bridgehead atoms. The average molecular weight is 431 g/mol. The highest BCUT2D eigenvalue weighted by atomic mass is 16.3. The van der Waals surface area contributed by atoms with E-state index in [1.807, 2.05) is 19.1 Å². The molecule has 3 N–H and O–H groups in total. The molecule has 0 saturated heterocycles. The van der Waals surface area contributed by atoms with Crippen LogP contribution in [0.2, 0.25) is 0 Å². The second-order valence-corrected chi connectivity index (χ2v) is 11.0. The Kier molecular flexibility index (Phi) is 5.73. The molecule has 0 spiro atoms. The SMILES string of the molecule is C/C(=C(\C#N)C(N)=C(C#N)C#N)[C@H]1CC[C@H]2[C@@H]3CC=C4C[C@@H](O)CC[C@]4(C)[C@H]3CC[C@]12C. The smallest absolute Gasteiger partial charge is 0.153 e. The first-order valence-corrected chi connectivity index (χ1v) is 12.0. The molecule has 3 saturated carbocycles. The number of hydrogen-bond acceptors (Lipinski definition) is 5. The molecule has 0 aromatic carbocycles. The van der Waals surface area contributed by atoms with Crippen molar-refractivity contribution in [3.8, 4) is 18.2 Å². The van der Waals surface area contributed by atoms with Gasteiger partial charge in [-0.05, 0) is 98.4 Å². The highest BCUT2D eigenvalue weighted by Crippen LogP contribution is 2.67. The molecule has 5 heteroatoms. The maximum absolute atomic E-state index is 10.2.